The maximum atomic E-state index is 13.4. The summed E-state index contributed by atoms with van der Waals surface area (Å²) < 4.78 is 12.2. The van der Waals surface area contributed by atoms with Crippen LogP contribution in [0.15, 0.2) is 11.6 Å². The van der Waals surface area contributed by atoms with Crippen LogP contribution in [0.3, 0.4) is 0 Å². The molecular formula is C21H28O4. The fourth-order valence-electron chi connectivity index (χ4n) is 7.26. The summed E-state index contributed by atoms with van der Waals surface area (Å²) >= 11 is 0. The highest BCUT2D eigenvalue weighted by atomic mass is 16.7. The van der Waals surface area contributed by atoms with E-state index < -0.39 is 5.79 Å². The quantitative estimate of drug-likeness (QED) is 0.675. The van der Waals surface area contributed by atoms with Gasteiger partial charge in [-0.15, -0.1) is 0 Å². The predicted molar refractivity (Wildman–Crippen MR) is 91.7 cm³/mol. The van der Waals surface area contributed by atoms with Gasteiger partial charge in [-0.25, -0.2) is 0 Å². The first-order valence-corrected chi connectivity index (χ1v) is 9.94. The third-order valence-electron chi connectivity index (χ3n) is 8.45. The highest BCUT2D eigenvalue weighted by Crippen LogP contribution is 2.67. The molecular weight excluding hydrogens is 316 g/mol. The lowest BCUT2D eigenvalue weighted by Crippen LogP contribution is -2.58. The van der Waals surface area contributed by atoms with Gasteiger partial charge in [0.05, 0.1) is 13.2 Å². The molecule has 4 aliphatic carbocycles. The van der Waals surface area contributed by atoms with E-state index in [0.29, 0.717) is 43.7 Å². The van der Waals surface area contributed by atoms with Crippen molar-refractivity contribution in [3.8, 4) is 0 Å². The molecule has 5 unspecified atom stereocenters. The molecule has 0 aromatic heterocycles. The van der Waals surface area contributed by atoms with E-state index in [9.17, 15) is 9.59 Å². The molecule has 1 aliphatic heterocycles. The van der Waals surface area contributed by atoms with Crippen molar-refractivity contribution in [2.75, 3.05) is 13.2 Å². The van der Waals surface area contributed by atoms with E-state index in [1.54, 1.807) is 0 Å². The third-order valence-corrected chi connectivity index (χ3v) is 8.45. The summed E-state index contributed by atoms with van der Waals surface area (Å²) in [6.07, 6.45) is 7.87. The van der Waals surface area contributed by atoms with Crippen LogP contribution in [0.5, 0.6) is 0 Å². The van der Waals surface area contributed by atoms with E-state index in [0.717, 1.165) is 32.1 Å². The summed E-state index contributed by atoms with van der Waals surface area (Å²) in [6, 6.07) is 0. The second kappa shape index (κ2) is 5.04. The molecule has 4 heteroatoms. The van der Waals surface area contributed by atoms with Crippen molar-refractivity contribution >= 4 is 11.6 Å². The second-order valence-corrected chi connectivity index (χ2v) is 9.39. The molecule has 0 radical (unpaired) electrons. The monoisotopic (exact) mass is 344 g/mol. The summed E-state index contributed by atoms with van der Waals surface area (Å²) in [7, 11) is 0. The molecule has 5 aliphatic rings. The van der Waals surface area contributed by atoms with Gasteiger partial charge in [-0.05, 0) is 49.0 Å². The number of hydrogen-bond donors (Lipinski definition) is 0. The Bertz CT molecular complexity index is 673. The molecule has 1 heterocycles. The van der Waals surface area contributed by atoms with Crippen LogP contribution in [0.25, 0.3) is 0 Å². The first-order chi connectivity index (χ1) is 11.9. The zero-order valence-corrected chi connectivity index (χ0v) is 15.3. The van der Waals surface area contributed by atoms with Crippen molar-refractivity contribution in [1.29, 1.82) is 0 Å². The van der Waals surface area contributed by atoms with Crippen molar-refractivity contribution < 1.29 is 19.1 Å². The fraction of sp³-hybridized carbons (Fsp3) is 0.810. The highest BCUT2D eigenvalue weighted by molar-refractivity contribution is 5.93. The molecule has 0 amide bonds. The van der Waals surface area contributed by atoms with Gasteiger partial charge in [-0.1, -0.05) is 19.4 Å². The van der Waals surface area contributed by atoms with Crippen LogP contribution < -0.4 is 0 Å². The Kier molecular flexibility index (Phi) is 3.26. The molecule has 3 saturated carbocycles. The third kappa shape index (κ3) is 1.90. The van der Waals surface area contributed by atoms with Gasteiger partial charge in [-0.3, -0.25) is 9.59 Å². The van der Waals surface area contributed by atoms with Crippen LogP contribution >= 0.6 is 0 Å². The SMILES string of the molecule is CC12CCC(=O)C=C1CCC1C2C(=O)CC2(C)C1CCC21OCCO1. The number of fused-ring (bicyclic) bond motifs is 6. The molecule has 4 fully saturated rings. The lowest BCUT2D eigenvalue weighted by Gasteiger charge is -2.57. The fourth-order valence-corrected chi connectivity index (χ4v) is 7.26. The summed E-state index contributed by atoms with van der Waals surface area (Å²) in [6.45, 7) is 5.78. The molecule has 0 aromatic rings. The van der Waals surface area contributed by atoms with Crippen molar-refractivity contribution in [2.24, 2.45) is 28.6 Å². The van der Waals surface area contributed by atoms with Crippen LogP contribution in [0, 0.1) is 28.6 Å². The minimum atomic E-state index is -0.530. The van der Waals surface area contributed by atoms with Gasteiger partial charge in [0, 0.05) is 30.6 Å². The van der Waals surface area contributed by atoms with Gasteiger partial charge in [0.25, 0.3) is 0 Å². The average molecular weight is 344 g/mol. The molecule has 0 N–H and O–H groups in total. The number of Topliss-reactive ketones (excluding diaryl/α,β-unsaturated/α-hetero) is 1. The van der Waals surface area contributed by atoms with E-state index in [1.807, 2.05) is 6.08 Å². The first kappa shape index (κ1) is 16.2. The number of hydrogen-bond acceptors (Lipinski definition) is 4. The number of allylic oxidation sites excluding steroid dienone is 1. The first-order valence-electron chi connectivity index (χ1n) is 9.94. The molecule has 5 rings (SSSR count). The lowest BCUT2D eigenvalue weighted by atomic mass is 9.46. The van der Waals surface area contributed by atoms with Crippen molar-refractivity contribution in [2.45, 2.75) is 64.6 Å². The van der Waals surface area contributed by atoms with Gasteiger partial charge in [0.15, 0.2) is 11.6 Å². The predicted octanol–water partition coefficient (Wildman–Crippen LogP) is 3.44. The molecule has 1 spiro atoms. The van der Waals surface area contributed by atoms with Crippen molar-refractivity contribution in [3.63, 3.8) is 0 Å². The largest absolute Gasteiger partial charge is 0.347 e. The molecule has 1 saturated heterocycles. The Morgan fingerprint density at radius 1 is 1.04 bits per heavy atom. The summed E-state index contributed by atoms with van der Waals surface area (Å²) in [5.41, 5.74) is 0.940. The maximum absolute atomic E-state index is 13.4. The Balaban J connectivity index is 1.55. The molecule has 4 nitrogen and oxygen atoms in total. The Morgan fingerprint density at radius 2 is 1.80 bits per heavy atom. The van der Waals surface area contributed by atoms with Crippen LogP contribution in [-0.4, -0.2) is 30.6 Å². The van der Waals surface area contributed by atoms with Crippen LogP contribution in [0.2, 0.25) is 0 Å². The molecule has 136 valence electrons. The van der Waals surface area contributed by atoms with Gasteiger partial charge in [-0.2, -0.15) is 0 Å². The number of rotatable bonds is 0. The number of carbonyl (C=O) groups is 2. The molecule has 25 heavy (non-hydrogen) atoms. The Labute approximate surface area is 149 Å². The van der Waals surface area contributed by atoms with Crippen LogP contribution in [0.4, 0.5) is 0 Å². The molecule has 0 aromatic carbocycles. The van der Waals surface area contributed by atoms with Crippen LogP contribution in [0.1, 0.15) is 58.8 Å². The van der Waals surface area contributed by atoms with E-state index in [-0.39, 0.29) is 22.5 Å². The Morgan fingerprint density at radius 3 is 2.56 bits per heavy atom. The normalized spacial score (nSPS) is 48.1. The minimum absolute atomic E-state index is 0.0789. The van der Waals surface area contributed by atoms with E-state index in [1.165, 1.54) is 5.57 Å². The molecule has 5 atom stereocenters. The standard InChI is InChI=1S/C21H28O4/c1-19-7-5-14(22)11-13(19)3-4-15-16-6-8-21(24-9-10-25-21)20(16,2)12-17(23)18(15)19/h11,15-16,18H,3-10,12H2,1-2H3. The summed E-state index contributed by atoms with van der Waals surface area (Å²) in [4.78, 5) is 25.3. The van der Waals surface area contributed by atoms with Gasteiger partial charge in [0.2, 0.25) is 0 Å². The van der Waals surface area contributed by atoms with Crippen molar-refractivity contribution in [1.82, 2.24) is 0 Å². The Hall–Kier alpha value is -1.00. The zero-order valence-electron chi connectivity index (χ0n) is 15.3. The van der Waals surface area contributed by atoms with Crippen molar-refractivity contribution in [3.05, 3.63) is 11.6 Å². The highest BCUT2D eigenvalue weighted by Gasteiger charge is 2.69. The summed E-state index contributed by atoms with van der Waals surface area (Å²) in [5, 5.41) is 0. The smallest absolute Gasteiger partial charge is 0.174 e. The van der Waals surface area contributed by atoms with E-state index >= 15 is 0 Å². The lowest BCUT2D eigenvalue weighted by molar-refractivity contribution is -0.239. The van der Waals surface area contributed by atoms with Gasteiger partial charge >= 0.3 is 0 Å². The van der Waals surface area contributed by atoms with Gasteiger partial charge < -0.3 is 9.47 Å². The number of ether oxygens (including phenoxy) is 2. The topological polar surface area (TPSA) is 52.6 Å². The average Bonchev–Trinajstić information content (AvgIpc) is 3.15. The minimum Gasteiger partial charge on any atom is -0.347 e. The maximum Gasteiger partial charge on any atom is 0.174 e. The number of ketones is 2. The molecule has 0 bridgehead atoms. The second-order valence-electron chi connectivity index (χ2n) is 9.39. The zero-order chi connectivity index (χ0) is 17.4. The van der Waals surface area contributed by atoms with Crippen LogP contribution in [-0.2, 0) is 19.1 Å². The van der Waals surface area contributed by atoms with E-state index in [4.69, 9.17) is 9.47 Å². The van der Waals surface area contributed by atoms with Gasteiger partial charge in [0.1, 0.15) is 5.78 Å². The van der Waals surface area contributed by atoms with E-state index in [2.05, 4.69) is 13.8 Å². The number of carbonyl (C=O) groups excluding carboxylic acids is 2. The summed E-state index contributed by atoms with van der Waals surface area (Å²) in [5.74, 6) is 1.07.